The van der Waals surface area contributed by atoms with Crippen LogP contribution in [0.25, 0.3) is 33.9 Å². The molecule has 160 valence electrons. The van der Waals surface area contributed by atoms with Crippen LogP contribution in [0.5, 0.6) is 0 Å². The Bertz CT molecular complexity index is 1510. The van der Waals surface area contributed by atoms with E-state index in [1.165, 1.54) is 30.2 Å². The smallest absolute Gasteiger partial charge is 0.268 e. The van der Waals surface area contributed by atoms with E-state index in [0.717, 1.165) is 18.7 Å². The molecule has 10 heteroatoms. The van der Waals surface area contributed by atoms with E-state index in [2.05, 4.69) is 30.2 Å². The number of pyridine rings is 1. The van der Waals surface area contributed by atoms with E-state index < -0.39 is 0 Å². The molecule has 0 aliphatic heterocycles. The quantitative estimate of drug-likeness (QED) is 0.450. The predicted molar refractivity (Wildman–Crippen MR) is 120 cm³/mol. The van der Waals surface area contributed by atoms with Gasteiger partial charge in [0.05, 0.1) is 16.6 Å². The first-order valence-electron chi connectivity index (χ1n) is 10.6. The van der Waals surface area contributed by atoms with E-state index in [0.29, 0.717) is 44.8 Å². The Kier molecular flexibility index (Phi) is 4.50. The number of H-pyrrole nitrogens is 1. The third kappa shape index (κ3) is 3.00. The normalized spacial score (nSPS) is 15.0. The summed E-state index contributed by atoms with van der Waals surface area (Å²) < 4.78 is 2.98. The molecule has 0 unspecified atom stereocenters. The number of hydrogen-bond donors (Lipinski definition) is 1. The Balaban J connectivity index is 1.58. The second-order valence-corrected chi connectivity index (χ2v) is 8.43. The summed E-state index contributed by atoms with van der Waals surface area (Å²) >= 11 is 6.50. The van der Waals surface area contributed by atoms with Crippen LogP contribution in [-0.4, -0.2) is 39.3 Å². The summed E-state index contributed by atoms with van der Waals surface area (Å²) in [5.41, 5.74) is 1.42. The van der Waals surface area contributed by atoms with Crippen LogP contribution in [0.3, 0.4) is 0 Å². The molecule has 1 N–H and O–H groups in total. The SMILES string of the molecule is O=c1c2c(-c3ccccc3Cl)n3ncnc3nc2ccn1-c1n[nH]c(C2CCCCC2)n1. The second kappa shape index (κ2) is 7.52. The van der Waals surface area contributed by atoms with Crippen LogP contribution >= 0.6 is 11.6 Å². The average molecular weight is 447 g/mol. The Morgan fingerprint density at radius 1 is 1.06 bits per heavy atom. The molecule has 1 aromatic carbocycles. The molecule has 0 amide bonds. The third-order valence-corrected chi connectivity index (χ3v) is 6.43. The Morgan fingerprint density at radius 2 is 1.91 bits per heavy atom. The van der Waals surface area contributed by atoms with Crippen LogP contribution in [0.2, 0.25) is 5.02 Å². The zero-order valence-electron chi connectivity index (χ0n) is 17.1. The maximum Gasteiger partial charge on any atom is 0.269 e. The van der Waals surface area contributed by atoms with Gasteiger partial charge in [-0.15, -0.1) is 5.10 Å². The summed E-state index contributed by atoms with van der Waals surface area (Å²) in [6.45, 7) is 0. The number of aromatic nitrogens is 8. The fourth-order valence-electron chi connectivity index (χ4n) is 4.52. The van der Waals surface area contributed by atoms with Crippen molar-refractivity contribution >= 4 is 28.3 Å². The summed E-state index contributed by atoms with van der Waals surface area (Å²) in [5.74, 6) is 1.91. The zero-order chi connectivity index (χ0) is 21.7. The average Bonchev–Trinajstić information content (AvgIpc) is 3.49. The Morgan fingerprint density at radius 3 is 2.75 bits per heavy atom. The first-order valence-corrected chi connectivity index (χ1v) is 11.0. The van der Waals surface area contributed by atoms with Crippen LogP contribution in [0, 0.1) is 0 Å². The topological polar surface area (TPSA) is 107 Å². The summed E-state index contributed by atoms with van der Waals surface area (Å²) in [5, 5.41) is 12.6. The Labute approximate surface area is 187 Å². The molecule has 0 spiro atoms. The predicted octanol–water partition coefficient (Wildman–Crippen LogP) is 3.91. The van der Waals surface area contributed by atoms with Gasteiger partial charge < -0.3 is 0 Å². The fourth-order valence-corrected chi connectivity index (χ4v) is 4.74. The summed E-state index contributed by atoms with van der Waals surface area (Å²) in [7, 11) is 0. The lowest BCUT2D eigenvalue weighted by Gasteiger charge is -2.18. The monoisotopic (exact) mass is 446 g/mol. The molecule has 9 nitrogen and oxygen atoms in total. The molecular formula is C22H19ClN8O. The largest absolute Gasteiger partial charge is 0.269 e. The van der Waals surface area contributed by atoms with Gasteiger partial charge in [-0.2, -0.15) is 19.6 Å². The van der Waals surface area contributed by atoms with Crippen molar-refractivity contribution in [2.45, 2.75) is 38.0 Å². The molecule has 1 fully saturated rings. The van der Waals surface area contributed by atoms with Crippen LogP contribution < -0.4 is 5.56 Å². The highest BCUT2D eigenvalue weighted by Crippen LogP contribution is 2.32. The lowest BCUT2D eigenvalue weighted by atomic mass is 9.89. The van der Waals surface area contributed by atoms with Gasteiger partial charge in [-0.05, 0) is 25.0 Å². The van der Waals surface area contributed by atoms with Crippen LogP contribution in [-0.2, 0) is 0 Å². The van der Waals surface area contributed by atoms with E-state index in [-0.39, 0.29) is 5.56 Å². The number of nitrogens with zero attached hydrogens (tertiary/aromatic N) is 7. The standard InChI is InChI=1S/C22H19ClN8O/c23-15-9-5-4-8-14(15)18-17-16(26-21-24-12-25-31(18)21)10-11-30(20(17)32)22-27-19(28-29-22)13-6-2-1-3-7-13/h4-5,8-13H,1-3,6-7H2,(H,27,28,29). The molecule has 6 rings (SSSR count). The van der Waals surface area contributed by atoms with Crippen molar-refractivity contribution in [2.24, 2.45) is 0 Å². The van der Waals surface area contributed by atoms with E-state index in [9.17, 15) is 4.79 Å². The van der Waals surface area contributed by atoms with Crippen molar-refractivity contribution in [1.82, 2.24) is 39.3 Å². The van der Waals surface area contributed by atoms with Gasteiger partial charge in [0.25, 0.3) is 17.3 Å². The van der Waals surface area contributed by atoms with Gasteiger partial charge in [0.15, 0.2) is 0 Å². The van der Waals surface area contributed by atoms with Crippen molar-refractivity contribution < 1.29 is 0 Å². The van der Waals surface area contributed by atoms with Crippen molar-refractivity contribution in [1.29, 1.82) is 0 Å². The molecule has 4 aromatic heterocycles. The maximum atomic E-state index is 13.7. The van der Waals surface area contributed by atoms with E-state index >= 15 is 0 Å². The van der Waals surface area contributed by atoms with Gasteiger partial charge in [0, 0.05) is 22.7 Å². The Hall–Kier alpha value is -3.59. The van der Waals surface area contributed by atoms with Gasteiger partial charge in [-0.1, -0.05) is 49.1 Å². The lowest BCUT2D eigenvalue weighted by molar-refractivity contribution is 0.429. The maximum absolute atomic E-state index is 13.7. The lowest BCUT2D eigenvalue weighted by Crippen LogP contribution is -2.21. The highest BCUT2D eigenvalue weighted by atomic mass is 35.5. The minimum atomic E-state index is -0.295. The third-order valence-electron chi connectivity index (χ3n) is 6.10. The van der Waals surface area contributed by atoms with Crippen molar-refractivity contribution in [2.75, 3.05) is 0 Å². The molecule has 0 bridgehead atoms. The highest BCUT2D eigenvalue weighted by molar-refractivity contribution is 6.33. The highest BCUT2D eigenvalue weighted by Gasteiger charge is 2.22. The summed E-state index contributed by atoms with van der Waals surface area (Å²) in [4.78, 5) is 27.1. The fraction of sp³-hybridized carbons (Fsp3) is 0.273. The molecule has 1 aliphatic rings. The van der Waals surface area contributed by atoms with Crippen molar-refractivity contribution in [3.8, 4) is 17.2 Å². The van der Waals surface area contributed by atoms with Crippen LogP contribution in [0.1, 0.15) is 43.8 Å². The number of rotatable bonds is 3. The summed E-state index contributed by atoms with van der Waals surface area (Å²) in [6, 6.07) is 9.10. The number of aromatic amines is 1. The second-order valence-electron chi connectivity index (χ2n) is 8.02. The van der Waals surface area contributed by atoms with Gasteiger partial charge in [-0.25, -0.2) is 9.55 Å². The minimum Gasteiger partial charge on any atom is -0.268 e. The van der Waals surface area contributed by atoms with Crippen LogP contribution in [0.4, 0.5) is 0 Å². The molecule has 0 atom stereocenters. The number of halogens is 1. The molecule has 4 heterocycles. The molecule has 32 heavy (non-hydrogen) atoms. The van der Waals surface area contributed by atoms with E-state index in [1.807, 2.05) is 18.2 Å². The van der Waals surface area contributed by atoms with Gasteiger partial charge in [-0.3, -0.25) is 9.89 Å². The minimum absolute atomic E-state index is 0.295. The zero-order valence-corrected chi connectivity index (χ0v) is 17.8. The number of nitrogens with one attached hydrogen (secondary N) is 1. The van der Waals surface area contributed by atoms with E-state index in [4.69, 9.17) is 11.6 Å². The van der Waals surface area contributed by atoms with E-state index in [1.54, 1.807) is 22.8 Å². The van der Waals surface area contributed by atoms with Gasteiger partial charge in [0.1, 0.15) is 12.2 Å². The first-order chi connectivity index (χ1) is 15.7. The van der Waals surface area contributed by atoms with Crippen molar-refractivity contribution in [3.05, 3.63) is 64.1 Å². The van der Waals surface area contributed by atoms with Gasteiger partial charge >= 0.3 is 0 Å². The number of fused-ring (bicyclic) bond motifs is 2. The molecule has 5 aromatic rings. The first kappa shape index (κ1) is 19.1. The number of benzene rings is 1. The summed E-state index contributed by atoms with van der Waals surface area (Å²) in [6.07, 6.45) is 8.88. The molecule has 0 radical (unpaired) electrons. The van der Waals surface area contributed by atoms with Crippen LogP contribution in [0.15, 0.2) is 47.7 Å². The molecule has 1 aliphatic carbocycles. The molecule has 1 saturated carbocycles. The molecular weight excluding hydrogens is 428 g/mol. The van der Waals surface area contributed by atoms with Gasteiger partial charge in [0.2, 0.25) is 0 Å². The van der Waals surface area contributed by atoms with Crippen molar-refractivity contribution in [3.63, 3.8) is 0 Å². The number of hydrogen-bond acceptors (Lipinski definition) is 6. The molecule has 0 saturated heterocycles.